The van der Waals surface area contributed by atoms with Crippen LogP contribution < -0.4 is 5.32 Å². The van der Waals surface area contributed by atoms with Gasteiger partial charge in [-0.3, -0.25) is 0 Å². The molecule has 0 saturated carbocycles. The molecule has 1 N–H and O–H groups in total. The van der Waals surface area contributed by atoms with Crippen LogP contribution in [0.25, 0.3) is 0 Å². The predicted octanol–water partition coefficient (Wildman–Crippen LogP) is 4.11. The fraction of sp³-hybridized carbons (Fsp3) is 0.857. The number of aromatic nitrogens is 2. The highest BCUT2D eigenvalue weighted by atomic mass is 32.1. The Morgan fingerprint density at radius 3 is 2.56 bits per heavy atom. The number of hydrogen-bond acceptors (Lipinski definition) is 4. The molecule has 1 aromatic heterocycles. The van der Waals surface area contributed by atoms with Crippen molar-refractivity contribution in [1.82, 2.24) is 15.5 Å². The van der Waals surface area contributed by atoms with Crippen LogP contribution in [0.4, 0.5) is 0 Å². The summed E-state index contributed by atoms with van der Waals surface area (Å²) in [5.41, 5.74) is 0. The van der Waals surface area contributed by atoms with Crippen molar-refractivity contribution in [1.29, 1.82) is 0 Å². The number of nitrogens with one attached hydrogen (secondary N) is 1. The van der Waals surface area contributed by atoms with E-state index >= 15 is 0 Å². The third-order valence-electron chi connectivity index (χ3n) is 3.05. The first-order chi connectivity index (χ1) is 8.77. The van der Waals surface area contributed by atoms with Crippen LogP contribution in [-0.4, -0.2) is 16.7 Å². The molecule has 0 bridgehead atoms. The van der Waals surface area contributed by atoms with Crippen molar-refractivity contribution >= 4 is 11.3 Å². The van der Waals surface area contributed by atoms with Crippen LogP contribution >= 0.6 is 11.3 Å². The second-order valence-corrected chi connectivity index (χ2v) is 5.97. The summed E-state index contributed by atoms with van der Waals surface area (Å²) in [5, 5.41) is 14.4. The van der Waals surface area contributed by atoms with Gasteiger partial charge in [-0.15, -0.1) is 10.2 Å². The van der Waals surface area contributed by atoms with Crippen molar-refractivity contribution in [2.75, 3.05) is 6.54 Å². The molecule has 0 aliphatic rings. The molecule has 0 spiro atoms. The van der Waals surface area contributed by atoms with E-state index in [1.807, 2.05) is 0 Å². The fourth-order valence-corrected chi connectivity index (χ4v) is 2.78. The minimum absolute atomic E-state index is 0.344. The van der Waals surface area contributed by atoms with E-state index in [1.165, 1.54) is 37.1 Å². The molecule has 1 rings (SSSR count). The van der Waals surface area contributed by atoms with Crippen molar-refractivity contribution in [3.8, 4) is 0 Å². The van der Waals surface area contributed by atoms with Gasteiger partial charge >= 0.3 is 0 Å². The normalized spacial score (nSPS) is 12.8. The molecule has 0 fully saturated rings. The van der Waals surface area contributed by atoms with Gasteiger partial charge in [-0.2, -0.15) is 0 Å². The highest BCUT2D eigenvalue weighted by Crippen LogP contribution is 2.19. The zero-order valence-electron chi connectivity index (χ0n) is 12.0. The van der Waals surface area contributed by atoms with E-state index < -0.39 is 0 Å². The van der Waals surface area contributed by atoms with Crippen LogP contribution in [0.15, 0.2) is 0 Å². The molecule has 1 aromatic rings. The van der Waals surface area contributed by atoms with E-state index in [1.54, 1.807) is 11.3 Å². The molecule has 0 aliphatic heterocycles. The average molecular weight is 269 g/mol. The maximum Gasteiger partial charge on any atom is 0.134 e. The molecule has 0 radical (unpaired) electrons. The van der Waals surface area contributed by atoms with Crippen molar-refractivity contribution < 1.29 is 0 Å². The number of rotatable bonds is 10. The molecular weight excluding hydrogens is 242 g/mol. The van der Waals surface area contributed by atoms with E-state index in [0.717, 1.165) is 24.4 Å². The maximum atomic E-state index is 4.29. The molecule has 104 valence electrons. The summed E-state index contributed by atoms with van der Waals surface area (Å²) in [4.78, 5) is 0. The van der Waals surface area contributed by atoms with Crippen LogP contribution in [0.3, 0.4) is 0 Å². The monoisotopic (exact) mass is 269 g/mol. The van der Waals surface area contributed by atoms with Gasteiger partial charge in [-0.25, -0.2) is 0 Å². The Morgan fingerprint density at radius 1 is 1.06 bits per heavy atom. The van der Waals surface area contributed by atoms with E-state index in [-0.39, 0.29) is 0 Å². The van der Waals surface area contributed by atoms with Gasteiger partial charge in [0.25, 0.3) is 0 Å². The summed E-state index contributed by atoms with van der Waals surface area (Å²) in [6, 6.07) is 0.344. The second-order valence-electron chi connectivity index (χ2n) is 4.87. The van der Waals surface area contributed by atoms with E-state index in [9.17, 15) is 0 Å². The molecule has 1 atom stereocenters. The van der Waals surface area contributed by atoms with E-state index in [4.69, 9.17) is 0 Å². The van der Waals surface area contributed by atoms with Gasteiger partial charge in [0, 0.05) is 6.42 Å². The lowest BCUT2D eigenvalue weighted by atomic mass is 10.1. The predicted molar refractivity (Wildman–Crippen MR) is 79.1 cm³/mol. The first-order valence-electron chi connectivity index (χ1n) is 7.33. The first kappa shape index (κ1) is 15.6. The maximum absolute atomic E-state index is 4.29. The molecule has 0 amide bonds. The molecule has 1 heterocycles. The third-order valence-corrected chi connectivity index (χ3v) is 4.21. The summed E-state index contributed by atoms with van der Waals surface area (Å²) in [7, 11) is 0. The quantitative estimate of drug-likeness (QED) is 0.649. The van der Waals surface area contributed by atoms with Gasteiger partial charge in [-0.1, -0.05) is 50.9 Å². The Kier molecular flexibility index (Phi) is 8.18. The minimum Gasteiger partial charge on any atom is -0.308 e. The lowest BCUT2D eigenvalue weighted by molar-refractivity contribution is 0.563. The Morgan fingerprint density at radius 2 is 1.83 bits per heavy atom. The van der Waals surface area contributed by atoms with Crippen LogP contribution in [0.1, 0.15) is 75.4 Å². The molecule has 4 heteroatoms. The molecule has 0 aliphatic carbocycles. The van der Waals surface area contributed by atoms with Crippen LogP contribution in [0.5, 0.6) is 0 Å². The van der Waals surface area contributed by atoms with Gasteiger partial charge < -0.3 is 5.32 Å². The minimum atomic E-state index is 0.344. The van der Waals surface area contributed by atoms with Gasteiger partial charge in [0.15, 0.2) is 0 Å². The first-order valence-corrected chi connectivity index (χ1v) is 8.15. The van der Waals surface area contributed by atoms with Crippen LogP contribution in [0.2, 0.25) is 0 Å². The van der Waals surface area contributed by atoms with Gasteiger partial charge in [0.2, 0.25) is 0 Å². The summed E-state index contributed by atoms with van der Waals surface area (Å²) >= 11 is 1.77. The van der Waals surface area contributed by atoms with E-state index in [0.29, 0.717) is 6.04 Å². The third kappa shape index (κ3) is 5.91. The lowest BCUT2D eigenvalue weighted by Gasteiger charge is -2.08. The summed E-state index contributed by atoms with van der Waals surface area (Å²) < 4.78 is 0. The van der Waals surface area contributed by atoms with Crippen LogP contribution in [0, 0.1) is 0 Å². The summed E-state index contributed by atoms with van der Waals surface area (Å²) in [6.07, 6.45) is 8.87. The lowest BCUT2D eigenvalue weighted by Crippen LogP contribution is -2.18. The topological polar surface area (TPSA) is 37.8 Å². The molecule has 1 unspecified atom stereocenters. The Bertz CT molecular complexity index is 312. The summed E-state index contributed by atoms with van der Waals surface area (Å²) in [6.45, 7) is 7.65. The second kappa shape index (κ2) is 9.45. The smallest absolute Gasteiger partial charge is 0.134 e. The average Bonchev–Trinajstić information content (AvgIpc) is 2.84. The van der Waals surface area contributed by atoms with Gasteiger partial charge in [0.1, 0.15) is 10.0 Å². The Hall–Kier alpha value is -0.480. The molecule has 18 heavy (non-hydrogen) atoms. The fourth-order valence-electron chi connectivity index (χ4n) is 1.87. The van der Waals surface area contributed by atoms with Crippen molar-refractivity contribution in [2.45, 2.75) is 71.8 Å². The summed E-state index contributed by atoms with van der Waals surface area (Å²) in [5.74, 6) is 0. The SMILES string of the molecule is CCCCCCCc1nnc(C(C)NCCC)s1. The molecule has 0 aromatic carbocycles. The Balaban J connectivity index is 2.25. The van der Waals surface area contributed by atoms with Crippen molar-refractivity contribution in [3.63, 3.8) is 0 Å². The molecule has 3 nitrogen and oxygen atoms in total. The highest BCUT2D eigenvalue weighted by molar-refractivity contribution is 7.11. The zero-order chi connectivity index (χ0) is 13.2. The van der Waals surface area contributed by atoms with Gasteiger partial charge in [-0.05, 0) is 26.3 Å². The van der Waals surface area contributed by atoms with Crippen molar-refractivity contribution in [2.24, 2.45) is 0 Å². The zero-order valence-corrected chi connectivity index (χ0v) is 12.9. The highest BCUT2D eigenvalue weighted by Gasteiger charge is 2.10. The number of hydrogen-bond donors (Lipinski definition) is 1. The van der Waals surface area contributed by atoms with Crippen LogP contribution in [-0.2, 0) is 6.42 Å². The molecule has 0 saturated heterocycles. The number of unbranched alkanes of at least 4 members (excludes halogenated alkanes) is 4. The molecular formula is C14H27N3S. The number of aryl methyl sites for hydroxylation is 1. The standard InChI is InChI=1S/C14H27N3S/c1-4-6-7-8-9-10-13-16-17-14(18-13)12(3)15-11-5-2/h12,15H,4-11H2,1-3H3. The van der Waals surface area contributed by atoms with E-state index in [2.05, 4.69) is 36.3 Å². The largest absolute Gasteiger partial charge is 0.308 e. The number of nitrogens with zero attached hydrogens (tertiary/aromatic N) is 2. The Labute approximate surface area is 115 Å². The van der Waals surface area contributed by atoms with Gasteiger partial charge in [0.05, 0.1) is 6.04 Å². The van der Waals surface area contributed by atoms with Crippen molar-refractivity contribution in [3.05, 3.63) is 10.0 Å².